The first-order valence-electron chi connectivity index (χ1n) is 7.12. The molecule has 0 radical (unpaired) electrons. The van der Waals surface area contributed by atoms with Gasteiger partial charge in [-0.15, -0.1) is 0 Å². The Morgan fingerprint density at radius 3 is 2.61 bits per heavy atom. The van der Waals surface area contributed by atoms with Crippen LogP contribution in [0.2, 0.25) is 0 Å². The molecule has 1 rings (SSSR count). The van der Waals surface area contributed by atoms with Crippen LogP contribution in [0.25, 0.3) is 0 Å². The van der Waals surface area contributed by atoms with Crippen LogP contribution in [0.4, 0.5) is 4.39 Å². The van der Waals surface area contributed by atoms with Crippen LogP contribution < -0.4 is 5.32 Å². The van der Waals surface area contributed by atoms with Gasteiger partial charge in [0, 0.05) is 6.04 Å². The summed E-state index contributed by atoms with van der Waals surface area (Å²) in [5.41, 5.74) is 1.09. The van der Waals surface area contributed by atoms with E-state index in [0.717, 1.165) is 12.0 Å². The van der Waals surface area contributed by atoms with Crippen molar-refractivity contribution < 1.29 is 4.39 Å². The zero-order chi connectivity index (χ0) is 13.4. The second-order valence-corrected chi connectivity index (χ2v) is 5.04. The van der Waals surface area contributed by atoms with Crippen LogP contribution in [0, 0.1) is 11.7 Å². The normalized spacial score (nSPS) is 14.4. The molecule has 0 bridgehead atoms. The van der Waals surface area contributed by atoms with Crippen LogP contribution >= 0.6 is 0 Å². The minimum atomic E-state index is -0.135. The van der Waals surface area contributed by atoms with E-state index in [-0.39, 0.29) is 5.82 Å². The molecule has 1 aromatic carbocycles. The van der Waals surface area contributed by atoms with Gasteiger partial charge in [0.2, 0.25) is 0 Å². The summed E-state index contributed by atoms with van der Waals surface area (Å²) in [5, 5.41) is 3.41. The van der Waals surface area contributed by atoms with Crippen molar-refractivity contribution in [3.8, 4) is 0 Å². The average Bonchev–Trinajstić information content (AvgIpc) is 2.38. The molecule has 2 atom stereocenters. The van der Waals surface area contributed by atoms with Crippen LogP contribution in [0.1, 0.15) is 45.1 Å². The molecular weight excluding hydrogens is 225 g/mol. The lowest BCUT2D eigenvalue weighted by atomic mass is 9.87. The predicted molar refractivity (Wildman–Crippen MR) is 76.3 cm³/mol. The third-order valence-electron chi connectivity index (χ3n) is 3.74. The third-order valence-corrected chi connectivity index (χ3v) is 3.74. The maximum absolute atomic E-state index is 13.2. The fraction of sp³-hybridized carbons (Fsp3) is 0.625. The first-order chi connectivity index (χ1) is 8.71. The average molecular weight is 251 g/mol. The van der Waals surface area contributed by atoms with Crippen molar-refractivity contribution in [2.45, 2.75) is 52.0 Å². The van der Waals surface area contributed by atoms with E-state index in [1.54, 1.807) is 12.1 Å². The second kappa shape index (κ2) is 8.25. The molecule has 18 heavy (non-hydrogen) atoms. The Bertz CT molecular complexity index is 338. The minimum absolute atomic E-state index is 0.135. The van der Waals surface area contributed by atoms with Gasteiger partial charge in [0.05, 0.1) is 0 Å². The molecule has 0 amide bonds. The molecule has 0 aliphatic carbocycles. The Labute approximate surface area is 111 Å². The lowest BCUT2D eigenvalue weighted by Gasteiger charge is -2.26. The zero-order valence-electron chi connectivity index (χ0n) is 11.9. The molecule has 0 aliphatic rings. The van der Waals surface area contributed by atoms with Crippen molar-refractivity contribution in [2.75, 3.05) is 7.05 Å². The Kier molecular flexibility index (Phi) is 6.96. The summed E-state index contributed by atoms with van der Waals surface area (Å²) < 4.78 is 13.2. The summed E-state index contributed by atoms with van der Waals surface area (Å²) in [6.07, 6.45) is 5.87. The molecule has 1 N–H and O–H groups in total. The standard InChI is InChI=1S/C16H26FN/c1-4-6-9-14(5-2)16(18-3)12-13-8-7-10-15(17)11-13/h7-8,10-11,14,16,18H,4-6,9,12H2,1-3H3. The number of halogens is 1. The number of rotatable bonds is 8. The van der Waals surface area contributed by atoms with Gasteiger partial charge < -0.3 is 5.32 Å². The summed E-state index contributed by atoms with van der Waals surface area (Å²) in [6, 6.07) is 7.41. The Hall–Kier alpha value is -0.890. The van der Waals surface area contributed by atoms with E-state index in [9.17, 15) is 4.39 Å². The van der Waals surface area contributed by atoms with Gasteiger partial charge in [-0.2, -0.15) is 0 Å². The molecule has 0 aromatic heterocycles. The highest BCUT2D eigenvalue weighted by Gasteiger charge is 2.18. The Balaban J connectivity index is 2.64. The molecule has 0 saturated heterocycles. The van der Waals surface area contributed by atoms with Crippen LogP contribution in [0.3, 0.4) is 0 Å². The number of nitrogens with one attached hydrogen (secondary N) is 1. The summed E-state index contributed by atoms with van der Waals surface area (Å²) in [4.78, 5) is 0. The van der Waals surface area contributed by atoms with Crippen molar-refractivity contribution in [1.82, 2.24) is 5.32 Å². The number of hydrogen-bond donors (Lipinski definition) is 1. The highest BCUT2D eigenvalue weighted by Crippen LogP contribution is 2.20. The molecule has 0 heterocycles. The van der Waals surface area contributed by atoms with E-state index in [0.29, 0.717) is 12.0 Å². The maximum Gasteiger partial charge on any atom is 0.123 e. The summed E-state index contributed by atoms with van der Waals surface area (Å²) in [5.74, 6) is 0.544. The van der Waals surface area contributed by atoms with E-state index in [4.69, 9.17) is 0 Å². The molecule has 2 unspecified atom stereocenters. The van der Waals surface area contributed by atoms with Gasteiger partial charge in [0.15, 0.2) is 0 Å². The van der Waals surface area contributed by atoms with Crippen LogP contribution in [-0.4, -0.2) is 13.1 Å². The molecule has 2 heteroatoms. The van der Waals surface area contributed by atoms with E-state index < -0.39 is 0 Å². The number of unbranched alkanes of at least 4 members (excludes halogenated alkanes) is 1. The number of benzene rings is 1. The lowest BCUT2D eigenvalue weighted by Crippen LogP contribution is -2.35. The van der Waals surface area contributed by atoms with Crippen LogP contribution in [-0.2, 0) is 6.42 Å². The fourth-order valence-electron chi connectivity index (χ4n) is 2.58. The molecule has 102 valence electrons. The van der Waals surface area contributed by atoms with Crippen molar-refractivity contribution in [1.29, 1.82) is 0 Å². The Morgan fingerprint density at radius 2 is 2.06 bits per heavy atom. The van der Waals surface area contributed by atoms with Gasteiger partial charge in [0.25, 0.3) is 0 Å². The largest absolute Gasteiger partial charge is 0.316 e. The lowest BCUT2D eigenvalue weighted by molar-refractivity contribution is 0.330. The first-order valence-corrected chi connectivity index (χ1v) is 7.12. The first kappa shape index (κ1) is 15.2. The summed E-state index contributed by atoms with van der Waals surface area (Å²) in [6.45, 7) is 4.48. The third kappa shape index (κ3) is 4.77. The quantitative estimate of drug-likeness (QED) is 0.731. The van der Waals surface area contributed by atoms with Crippen molar-refractivity contribution in [3.05, 3.63) is 35.6 Å². The SMILES string of the molecule is CCCCC(CC)C(Cc1cccc(F)c1)NC. The molecule has 0 saturated carbocycles. The molecule has 0 spiro atoms. The molecule has 1 aromatic rings. The van der Waals surface area contributed by atoms with E-state index in [2.05, 4.69) is 19.2 Å². The van der Waals surface area contributed by atoms with Crippen LogP contribution in [0.15, 0.2) is 24.3 Å². The highest BCUT2D eigenvalue weighted by atomic mass is 19.1. The van der Waals surface area contributed by atoms with E-state index in [1.807, 2.05) is 13.1 Å². The van der Waals surface area contributed by atoms with Gasteiger partial charge in [-0.3, -0.25) is 0 Å². The number of hydrogen-bond acceptors (Lipinski definition) is 1. The fourth-order valence-corrected chi connectivity index (χ4v) is 2.58. The molecule has 0 aliphatic heterocycles. The van der Waals surface area contributed by atoms with Gasteiger partial charge in [-0.05, 0) is 43.5 Å². The number of likely N-dealkylation sites (N-methyl/N-ethyl adjacent to an activating group) is 1. The summed E-state index contributed by atoms with van der Waals surface area (Å²) >= 11 is 0. The van der Waals surface area contributed by atoms with Gasteiger partial charge >= 0.3 is 0 Å². The van der Waals surface area contributed by atoms with Crippen molar-refractivity contribution >= 4 is 0 Å². The van der Waals surface area contributed by atoms with Crippen LogP contribution in [0.5, 0.6) is 0 Å². The molecule has 1 nitrogen and oxygen atoms in total. The Morgan fingerprint density at radius 1 is 1.28 bits per heavy atom. The van der Waals surface area contributed by atoms with Gasteiger partial charge in [-0.25, -0.2) is 4.39 Å². The zero-order valence-corrected chi connectivity index (χ0v) is 11.9. The van der Waals surface area contributed by atoms with Crippen molar-refractivity contribution in [2.24, 2.45) is 5.92 Å². The maximum atomic E-state index is 13.2. The van der Waals surface area contributed by atoms with E-state index >= 15 is 0 Å². The summed E-state index contributed by atoms with van der Waals surface area (Å²) in [7, 11) is 2.01. The molecular formula is C16H26FN. The van der Waals surface area contributed by atoms with Gasteiger partial charge in [0.1, 0.15) is 5.82 Å². The monoisotopic (exact) mass is 251 g/mol. The highest BCUT2D eigenvalue weighted by molar-refractivity contribution is 5.17. The van der Waals surface area contributed by atoms with E-state index in [1.165, 1.54) is 31.7 Å². The molecule has 0 fully saturated rings. The predicted octanol–water partition coefficient (Wildman–Crippen LogP) is 4.17. The smallest absolute Gasteiger partial charge is 0.123 e. The topological polar surface area (TPSA) is 12.0 Å². The minimum Gasteiger partial charge on any atom is -0.316 e. The second-order valence-electron chi connectivity index (χ2n) is 5.04. The van der Waals surface area contributed by atoms with Crippen molar-refractivity contribution in [3.63, 3.8) is 0 Å². The van der Waals surface area contributed by atoms with Gasteiger partial charge in [-0.1, -0.05) is 45.2 Å².